The van der Waals surface area contributed by atoms with Crippen molar-refractivity contribution < 1.29 is 9.59 Å². The van der Waals surface area contributed by atoms with Gasteiger partial charge in [-0.3, -0.25) is 9.59 Å². The molecule has 4 nitrogen and oxygen atoms in total. The Bertz CT molecular complexity index is 868. The fourth-order valence-corrected chi connectivity index (χ4v) is 3.92. The van der Waals surface area contributed by atoms with Crippen LogP contribution in [0.4, 0.5) is 0 Å². The third-order valence-electron chi connectivity index (χ3n) is 5.35. The van der Waals surface area contributed by atoms with Crippen LogP contribution in [0.5, 0.6) is 0 Å². The first-order valence-electron chi connectivity index (χ1n) is 11.0. The number of nitrogens with zero attached hydrogens (tertiary/aromatic N) is 1. The van der Waals surface area contributed by atoms with Crippen molar-refractivity contribution in [3.05, 3.63) is 69.2 Å². The minimum absolute atomic E-state index is 0.0657. The number of amides is 2. The molecular weight excluding hydrogens is 431 g/mol. The Hall–Kier alpha value is -2.04. The molecule has 0 aliphatic heterocycles. The van der Waals surface area contributed by atoms with E-state index in [-0.39, 0.29) is 18.4 Å². The number of halogens is 2. The highest BCUT2D eigenvalue weighted by Crippen LogP contribution is 2.24. The summed E-state index contributed by atoms with van der Waals surface area (Å²) in [6.45, 7) is 6.89. The maximum absolute atomic E-state index is 13.3. The van der Waals surface area contributed by atoms with Crippen molar-refractivity contribution in [1.82, 2.24) is 10.2 Å². The molecule has 0 heterocycles. The number of benzene rings is 2. The van der Waals surface area contributed by atoms with Crippen LogP contribution in [0.25, 0.3) is 0 Å². The van der Waals surface area contributed by atoms with Gasteiger partial charge in [-0.1, -0.05) is 74.3 Å². The smallest absolute Gasteiger partial charge is 0.242 e. The quantitative estimate of drug-likeness (QED) is 0.456. The number of aryl methyl sites for hydroxylation is 2. The van der Waals surface area contributed by atoms with Crippen molar-refractivity contribution >= 4 is 35.0 Å². The number of hydrogen-bond donors (Lipinski definition) is 1. The van der Waals surface area contributed by atoms with Gasteiger partial charge in [-0.25, -0.2) is 0 Å². The monoisotopic (exact) mass is 462 g/mol. The molecule has 0 unspecified atom stereocenters. The van der Waals surface area contributed by atoms with E-state index in [9.17, 15) is 9.59 Å². The molecule has 2 aromatic carbocycles. The van der Waals surface area contributed by atoms with Gasteiger partial charge < -0.3 is 10.2 Å². The Morgan fingerprint density at radius 1 is 1.00 bits per heavy atom. The van der Waals surface area contributed by atoms with Gasteiger partial charge in [0.1, 0.15) is 6.04 Å². The predicted molar refractivity (Wildman–Crippen MR) is 129 cm³/mol. The van der Waals surface area contributed by atoms with E-state index in [1.165, 1.54) is 5.56 Å². The normalized spacial score (nSPS) is 11.8. The molecule has 0 aliphatic carbocycles. The van der Waals surface area contributed by atoms with Gasteiger partial charge in [0.2, 0.25) is 11.8 Å². The Kier molecular flexibility index (Phi) is 10.4. The van der Waals surface area contributed by atoms with Crippen molar-refractivity contribution in [2.75, 3.05) is 6.54 Å². The lowest BCUT2D eigenvalue weighted by atomic mass is 10.0. The zero-order chi connectivity index (χ0) is 22.8. The molecule has 0 aliphatic rings. The van der Waals surface area contributed by atoms with E-state index >= 15 is 0 Å². The maximum Gasteiger partial charge on any atom is 0.242 e. The van der Waals surface area contributed by atoms with Crippen molar-refractivity contribution in [2.45, 2.75) is 65.5 Å². The minimum atomic E-state index is -0.548. The highest BCUT2D eigenvalue weighted by atomic mass is 35.5. The number of hydrogen-bond acceptors (Lipinski definition) is 2. The summed E-state index contributed by atoms with van der Waals surface area (Å²) in [5.41, 5.74) is 3.15. The lowest BCUT2D eigenvalue weighted by Gasteiger charge is -2.31. The van der Waals surface area contributed by atoms with E-state index in [2.05, 4.69) is 36.5 Å². The Labute approximate surface area is 195 Å². The van der Waals surface area contributed by atoms with Gasteiger partial charge in [0.05, 0.1) is 0 Å². The molecule has 0 saturated carbocycles. The van der Waals surface area contributed by atoms with Gasteiger partial charge in [0, 0.05) is 29.6 Å². The molecule has 2 aromatic rings. The topological polar surface area (TPSA) is 49.4 Å². The SMILES string of the molecule is CCCNC(=O)[C@H](CC)N(Cc1ccc(Cl)cc1Cl)C(=O)CCc1ccc(CC)cc1. The third kappa shape index (κ3) is 7.55. The first kappa shape index (κ1) is 25.2. The van der Waals surface area contributed by atoms with E-state index in [0.717, 1.165) is 24.0 Å². The Morgan fingerprint density at radius 3 is 2.26 bits per heavy atom. The van der Waals surface area contributed by atoms with Crippen LogP contribution in [-0.4, -0.2) is 29.3 Å². The molecule has 0 spiro atoms. The summed E-state index contributed by atoms with van der Waals surface area (Å²) in [5, 5.41) is 3.95. The average molecular weight is 463 g/mol. The fourth-order valence-electron chi connectivity index (χ4n) is 3.46. The maximum atomic E-state index is 13.3. The van der Waals surface area contributed by atoms with Gasteiger partial charge in [-0.2, -0.15) is 0 Å². The van der Waals surface area contributed by atoms with Crippen molar-refractivity contribution in [3.63, 3.8) is 0 Å². The second-order valence-corrected chi connectivity index (χ2v) is 8.49. The van der Waals surface area contributed by atoms with Gasteiger partial charge in [0.15, 0.2) is 0 Å². The average Bonchev–Trinajstić information content (AvgIpc) is 2.77. The van der Waals surface area contributed by atoms with Crippen LogP contribution in [0.15, 0.2) is 42.5 Å². The van der Waals surface area contributed by atoms with Gasteiger partial charge in [0.25, 0.3) is 0 Å². The summed E-state index contributed by atoms with van der Waals surface area (Å²) in [6, 6.07) is 13.0. The highest BCUT2D eigenvalue weighted by molar-refractivity contribution is 6.35. The van der Waals surface area contributed by atoms with Crippen LogP contribution in [0, 0.1) is 0 Å². The molecule has 0 fully saturated rings. The van der Waals surface area contributed by atoms with E-state index in [4.69, 9.17) is 23.2 Å². The van der Waals surface area contributed by atoms with E-state index in [0.29, 0.717) is 35.9 Å². The molecule has 0 aromatic heterocycles. The molecule has 1 N–H and O–H groups in total. The summed E-state index contributed by atoms with van der Waals surface area (Å²) in [6.07, 6.45) is 3.30. The van der Waals surface area contributed by atoms with Crippen LogP contribution in [-0.2, 0) is 29.0 Å². The van der Waals surface area contributed by atoms with Crippen LogP contribution in [0.2, 0.25) is 10.0 Å². The standard InChI is InChI=1S/C25H32Cl2N2O2/c1-4-15-28-25(31)23(6-3)29(17-20-12-13-21(26)16-22(20)27)24(30)14-11-19-9-7-18(5-2)8-10-19/h7-10,12-13,16,23H,4-6,11,14-15,17H2,1-3H3,(H,28,31)/t23-/m0/s1. The molecule has 1 atom stereocenters. The molecule has 6 heteroatoms. The Balaban J connectivity index is 2.21. The largest absolute Gasteiger partial charge is 0.354 e. The molecule has 0 radical (unpaired) electrons. The lowest BCUT2D eigenvalue weighted by molar-refractivity contribution is -0.141. The van der Waals surface area contributed by atoms with E-state index in [1.54, 1.807) is 17.0 Å². The zero-order valence-electron chi connectivity index (χ0n) is 18.6. The molecule has 31 heavy (non-hydrogen) atoms. The molecule has 2 amide bonds. The van der Waals surface area contributed by atoms with Gasteiger partial charge in [-0.05, 0) is 54.5 Å². The van der Waals surface area contributed by atoms with Crippen LogP contribution < -0.4 is 5.32 Å². The molecule has 0 bridgehead atoms. The first-order chi connectivity index (χ1) is 14.9. The number of rotatable bonds is 11. The van der Waals surface area contributed by atoms with Crippen molar-refractivity contribution in [3.8, 4) is 0 Å². The van der Waals surface area contributed by atoms with Gasteiger partial charge in [-0.15, -0.1) is 0 Å². The molecule has 2 rings (SSSR count). The summed E-state index contributed by atoms with van der Waals surface area (Å²) < 4.78 is 0. The zero-order valence-corrected chi connectivity index (χ0v) is 20.1. The molecule has 168 valence electrons. The highest BCUT2D eigenvalue weighted by Gasteiger charge is 2.28. The van der Waals surface area contributed by atoms with Crippen molar-refractivity contribution in [2.24, 2.45) is 0 Å². The predicted octanol–water partition coefficient (Wildman–Crippen LogP) is 5.82. The first-order valence-corrected chi connectivity index (χ1v) is 11.7. The van der Waals surface area contributed by atoms with Crippen molar-refractivity contribution in [1.29, 1.82) is 0 Å². The summed E-state index contributed by atoms with van der Waals surface area (Å²) in [4.78, 5) is 27.7. The number of carbonyl (C=O) groups is 2. The van der Waals surface area contributed by atoms with Crippen LogP contribution >= 0.6 is 23.2 Å². The second kappa shape index (κ2) is 12.7. The third-order valence-corrected chi connectivity index (χ3v) is 5.94. The number of carbonyl (C=O) groups excluding carboxylic acids is 2. The Morgan fingerprint density at radius 2 is 1.68 bits per heavy atom. The number of nitrogens with one attached hydrogen (secondary N) is 1. The molecular formula is C25H32Cl2N2O2. The van der Waals surface area contributed by atoms with Gasteiger partial charge >= 0.3 is 0 Å². The lowest BCUT2D eigenvalue weighted by Crippen LogP contribution is -2.49. The fraction of sp³-hybridized carbons (Fsp3) is 0.440. The summed E-state index contributed by atoms with van der Waals surface area (Å²) in [5.74, 6) is -0.195. The summed E-state index contributed by atoms with van der Waals surface area (Å²) >= 11 is 12.4. The van der Waals surface area contributed by atoms with E-state index < -0.39 is 6.04 Å². The summed E-state index contributed by atoms with van der Waals surface area (Å²) in [7, 11) is 0. The minimum Gasteiger partial charge on any atom is -0.354 e. The molecule has 0 saturated heterocycles. The van der Waals surface area contributed by atoms with Crippen LogP contribution in [0.1, 0.15) is 56.7 Å². The van der Waals surface area contributed by atoms with Crippen LogP contribution in [0.3, 0.4) is 0 Å². The van der Waals surface area contributed by atoms with E-state index in [1.807, 2.05) is 19.9 Å². The second-order valence-electron chi connectivity index (χ2n) is 7.64.